The van der Waals surface area contributed by atoms with Gasteiger partial charge in [0.2, 0.25) is 0 Å². The molecule has 0 radical (unpaired) electrons. The van der Waals surface area contributed by atoms with Gasteiger partial charge in [0, 0.05) is 25.8 Å². The molecular formula is C12H15N5O2. The maximum atomic E-state index is 12.4. The fourth-order valence-electron chi connectivity index (χ4n) is 2.39. The highest BCUT2D eigenvalue weighted by molar-refractivity contribution is 5.92. The van der Waals surface area contributed by atoms with Crippen molar-refractivity contribution in [1.29, 1.82) is 0 Å². The number of aromatic nitrogens is 4. The van der Waals surface area contributed by atoms with E-state index in [1.807, 2.05) is 29.8 Å². The summed E-state index contributed by atoms with van der Waals surface area (Å²) in [5.41, 5.74) is 0.466. The Morgan fingerprint density at radius 1 is 1.47 bits per heavy atom. The van der Waals surface area contributed by atoms with Crippen molar-refractivity contribution in [2.75, 3.05) is 6.54 Å². The Morgan fingerprint density at radius 2 is 2.32 bits per heavy atom. The van der Waals surface area contributed by atoms with Crippen molar-refractivity contribution >= 4 is 5.91 Å². The largest absolute Gasteiger partial charge is 0.344 e. The maximum absolute atomic E-state index is 12.4. The van der Waals surface area contributed by atoms with Crippen molar-refractivity contribution in [3.63, 3.8) is 0 Å². The zero-order valence-corrected chi connectivity index (χ0v) is 10.7. The lowest BCUT2D eigenvalue weighted by Gasteiger charge is -2.27. The molecule has 0 saturated heterocycles. The summed E-state index contributed by atoms with van der Waals surface area (Å²) in [7, 11) is 0. The van der Waals surface area contributed by atoms with Crippen LogP contribution in [0.4, 0.5) is 0 Å². The second kappa shape index (κ2) is 4.42. The molecule has 100 valence electrons. The Labute approximate surface area is 109 Å². The number of aryl methyl sites for hydroxylation is 1. The van der Waals surface area contributed by atoms with Crippen LogP contribution in [0.25, 0.3) is 0 Å². The van der Waals surface area contributed by atoms with Gasteiger partial charge in [0.25, 0.3) is 5.91 Å². The number of hydrogen-bond acceptors (Lipinski definition) is 3. The second-order valence-corrected chi connectivity index (χ2v) is 4.50. The van der Waals surface area contributed by atoms with Crippen molar-refractivity contribution in [2.45, 2.75) is 26.6 Å². The van der Waals surface area contributed by atoms with E-state index in [9.17, 15) is 9.59 Å². The normalized spacial score (nSPS) is 14.5. The van der Waals surface area contributed by atoms with Crippen LogP contribution in [0.15, 0.2) is 23.1 Å². The Morgan fingerprint density at radius 3 is 3.11 bits per heavy atom. The highest BCUT2D eigenvalue weighted by Crippen LogP contribution is 2.12. The molecule has 0 spiro atoms. The van der Waals surface area contributed by atoms with E-state index >= 15 is 0 Å². The summed E-state index contributed by atoms with van der Waals surface area (Å²) in [5, 5.41) is 6.35. The molecule has 0 bridgehead atoms. The van der Waals surface area contributed by atoms with Crippen LogP contribution in [0.2, 0.25) is 0 Å². The summed E-state index contributed by atoms with van der Waals surface area (Å²) in [6, 6.07) is 3.68. The number of carbonyl (C=O) groups is 1. The number of amides is 1. The maximum Gasteiger partial charge on any atom is 0.343 e. The molecular weight excluding hydrogens is 246 g/mol. The molecule has 2 aromatic rings. The summed E-state index contributed by atoms with van der Waals surface area (Å²) in [4.78, 5) is 25.6. The first-order chi connectivity index (χ1) is 9.20. The average molecular weight is 261 g/mol. The molecule has 0 atom stereocenters. The fraction of sp³-hybridized carbons (Fsp3) is 0.417. The van der Waals surface area contributed by atoms with Crippen LogP contribution in [0.3, 0.4) is 0 Å². The third-order valence-electron chi connectivity index (χ3n) is 3.44. The highest BCUT2D eigenvalue weighted by Gasteiger charge is 2.25. The Hall–Kier alpha value is -2.31. The minimum absolute atomic E-state index is 0.0199. The third-order valence-corrected chi connectivity index (χ3v) is 3.44. The number of fused-ring (bicyclic) bond motifs is 1. The van der Waals surface area contributed by atoms with Crippen LogP contribution in [0.5, 0.6) is 0 Å². The van der Waals surface area contributed by atoms with Crippen molar-refractivity contribution < 1.29 is 4.79 Å². The zero-order chi connectivity index (χ0) is 13.4. The van der Waals surface area contributed by atoms with E-state index in [-0.39, 0.29) is 11.6 Å². The molecule has 2 aromatic heterocycles. The topological polar surface area (TPSA) is 75.9 Å². The van der Waals surface area contributed by atoms with E-state index in [2.05, 4.69) is 10.2 Å². The smallest absolute Gasteiger partial charge is 0.343 e. The van der Waals surface area contributed by atoms with Gasteiger partial charge in [-0.25, -0.2) is 9.89 Å². The van der Waals surface area contributed by atoms with Crippen LogP contribution in [-0.4, -0.2) is 36.7 Å². The van der Waals surface area contributed by atoms with Gasteiger partial charge in [0.05, 0.1) is 6.54 Å². The zero-order valence-electron chi connectivity index (χ0n) is 10.7. The number of hydrogen-bond donors (Lipinski definition) is 1. The molecule has 0 aromatic carbocycles. The van der Waals surface area contributed by atoms with Crippen molar-refractivity contribution in [3.05, 3.63) is 40.3 Å². The number of carbonyl (C=O) groups excluding carboxylic acids is 1. The van der Waals surface area contributed by atoms with Crippen LogP contribution >= 0.6 is 0 Å². The van der Waals surface area contributed by atoms with Gasteiger partial charge in [0.15, 0.2) is 5.82 Å². The second-order valence-electron chi connectivity index (χ2n) is 4.50. The predicted octanol–water partition coefficient (Wildman–Crippen LogP) is 0.0488. The van der Waals surface area contributed by atoms with Gasteiger partial charge in [-0.2, -0.15) is 5.10 Å². The monoisotopic (exact) mass is 261 g/mol. The molecule has 0 unspecified atom stereocenters. The lowest BCUT2D eigenvalue weighted by Crippen LogP contribution is -2.41. The van der Waals surface area contributed by atoms with Crippen LogP contribution < -0.4 is 5.69 Å². The minimum Gasteiger partial charge on any atom is -0.344 e. The van der Waals surface area contributed by atoms with E-state index < -0.39 is 0 Å². The van der Waals surface area contributed by atoms with Crippen LogP contribution in [-0.2, 0) is 19.6 Å². The standard InChI is InChI=1S/C12H15N5O2/c1-2-15-5-3-4-9(15)11(18)16-6-7-17-10(8-16)13-14-12(17)19/h3-5H,2,6-8H2,1H3,(H,14,19). The minimum atomic E-state index is -0.209. The molecule has 0 aliphatic carbocycles. The summed E-state index contributed by atoms with van der Waals surface area (Å²) < 4.78 is 3.48. The first-order valence-corrected chi connectivity index (χ1v) is 6.29. The van der Waals surface area contributed by atoms with E-state index in [4.69, 9.17) is 0 Å². The predicted molar refractivity (Wildman–Crippen MR) is 67.7 cm³/mol. The highest BCUT2D eigenvalue weighted by atomic mass is 16.2. The van der Waals surface area contributed by atoms with Crippen molar-refractivity contribution in [3.8, 4) is 0 Å². The van der Waals surface area contributed by atoms with E-state index in [0.29, 0.717) is 31.2 Å². The number of aromatic amines is 1. The van der Waals surface area contributed by atoms with Gasteiger partial charge in [-0.05, 0) is 19.1 Å². The third kappa shape index (κ3) is 1.87. The molecule has 19 heavy (non-hydrogen) atoms. The lowest BCUT2D eigenvalue weighted by molar-refractivity contribution is 0.0695. The molecule has 3 heterocycles. The Bertz CT molecular complexity index is 666. The molecule has 1 amide bonds. The SMILES string of the molecule is CCn1cccc1C(=O)N1CCn2c(n[nH]c2=O)C1. The molecule has 1 aliphatic heterocycles. The van der Waals surface area contributed by atoms with E-state index in [0.717, 1.165) is 6.54 Å². The van der Waals surface area contributed by atoms with Crippen molar-refractivity contribution in [2.24, 2.45) is 0 Å². The number of nitrogens with one attached hydrogen (secondary N) is 1. The van der Waals surface area contributed by atoms with Gasteiger partial charge in [0.1, 0.15) is 5.69 Å². The Balaban J connectivity index is 1.85. The van der Waals surface area contributed by atoms with Gasteiger partial charge >= 0.3 is 5.69 Å². The first-order valence-electron chi connectivity index (χ1n) is 6.29. The van der Waals surface area contributed by atoms with Gasteiger partial charge in [-0.15, -0.1) is 0 Å². The summed E-state index contributed by atoms with van der Waals surface area (Å²) >= 11 is 0. The van der Waals surface area contributed by atoms with Gasteiger partial charge in [-0.3, -0.25) is 9.36 Å². The Kier molecular flexibility index (Phi) is 2.73. The summed E-state index contributed by atoms with van der Waals surface area (Å²) in [5.74, 6) is 0.591. The lowest BCUT2D eigenvalue weighted by atomic mass is 10.3. The molecule has 1 aliphatic rings. The fourth-order valence-corrected chi connectivity index (χ4v) is 2.39. The molecule has 7 heteroatoms. The van der Waals surface area contributed by atoms with E-state index in [1.165, 1.54) is 0 Å². The van der Waals surface area contributed by atoms with E-state index in [1.54, 1.807) is 9.47 Å². The molecule has 3 rings (SSSR count). The molecule has 0 saturated carbocycles. The van der Waals surface area contributed by atoms with Crippen LogP contribution in [0.1, 0.15) is 23.2 Å². The van der Waals surface area contributed by atoms with Crippen LogP contribution in [0, 0.1) is 0 Å². The number of H-pyrrole nitrogens is 1. The molecule has 1 N–H and O–H groups in total. The molecule has 7 nitrogen and oxygen atoms in total. The van der Waals surface area contributed by atoms with Crippen molar-refractivity contribution in [1.82, 2.24) is 24.2 Å². The number of nitrogens with zero attached hydrogens (tertiary/aromatic N) is 4. The van der Waals surface area contributed by atoms with Gasteiger partial charge < -0.3 is 9.47 Å². The number of rotatable bonds is 2. The quantitative estimate of drug-likeness (QED) is 0.829. The summed E-state index contributed by atoms with van der Waals surface area (Å²) in [6.07, 6.45) is 1.89. The average Bonchev–Trinajstić information content (AvgIpc) is 3.04. The summed E-state index contributed by atoms with van der Waals surface area (Å²) in [6.45, 7) is 4.14. The molecule has 0 fully saturated rings. The van der Waals surface area contributed by atoms with Gasteiger partial charge in [-0.1, -0.05) is 0 Å². The first kappa shape index (κ1) is 11.8.